The zero-order valence-electron chi connectivity index (χ0n) is 9.48. The first-order chi connectivity index (χ1) is 7.20. The van der Waals surface area contributed by atoms with Crippen molar-refractivity contribution in [3.05, 3.63) is 0 Å². The SMILES string of the molecule is CCCN(CC(=O)O)C1CC2CCC1C2. The molecule has 3 unspecified atom stereocenters. The van der Waals surface area contributed by atoms with Crippen LogP contribution in [0.15, 0.2) is 0 Å². The van der Waals surface area contributed by atoms with Gasteiger partial charge in [-0.25, -0.2) is 0 Å². The van der Waals surface area contributed by atoms with Gasteiger partial charge in [0, 0.05) is 6.04 Å². The summed E-state index contributed by atoms with van der Waals surface area (Å²) < 4.78 is 0. The van der Waals surface area contributed by atoms with Gasteiger partial charge < -0.3 is 5.11 Å². The summed E-state index contributed by atoms with van der Waals surface area (Å²) in [6.45, 7) is 3.31. The lowest BCUT2D eigenvalue weighted by molar-refractivity contribution is -0.139. The van der Waals surface area contributed by atoms with E-state index in [-0.39, 0.29) is 6.54 Å². The minimum Gasteiger partial charge on any atom is -0.480 e. The van der Waals surface area contributed by atoms with Crippen LogP contribution in [-0.4, -0.2) is 35.1 Å². The Morgan fingerprint density at radius 2 is 2.20 bits per heavy atom. The molecule has 0 aliphatic heterocycles. The van der Waals surface area contributed by atoms with Crippen molar-refractivity contribution in [3.8, 4) is 0 Å². The molecular weight excluding hydrogens is 190 g/mol. The normalized spacial score (nSPS) is 33.9. The molecule has 2 aliphatic rings. The Morgan fingerprint density at radius 3 is 2.67 bits per heavy atom. The summed E-state index contributed by atoms with van der Waals surface area (Å²) in [5, 5.41) is 8.90. The van der Waals surface area contributed by atoms with Gasteiger partial charge in [0.1, 0.15) is 0 Å². The molecule has 15 heavy (non-hydrogen) atoms. The third-order valence-electron chi connectivity index (χ3n) is 4.02. The second kappa shape index (κ2) is 4.52. The number of hydrogen-bond donors (Lipinski definition) is 1. The van der Waals surface area contributed by atoms with Crippen molar-refractivity contribution in [1.29, 1.82) is 0 Å². The van der Waals surface area contributed by atoms with E-state index in [2.05, 4.69) is 11.8 Å². The van der Waals surface area contributed by atoms with Crippen LogP contribution in [-0.2, 0) is 4.79 Å². The zero-order valence-corrected chi connectivity index (χ0v) is 9.48. The van der Waals surface area contributed by atoms with Crippen LogP contribution >= 0.6 is 0 Å². The Balaban J connectivity index is 1.95. The minimum atomic E-state index is -0.675. The molecule has 3 heteroatoms. The van der Waals surface area contributed by atoms with Crippen molar-refractivity contribution in [2.24, 2.45) is 11.8 Å². The van der Waals surface area contributed by atoms with Crippen molar-refractivity contribution in [1.82, 2.24) is 4.90 Å². The van der Waals surface area contributed by atoms with Gasteiger partial charge in [-0.3, -0.25) is 9.69 Å². The molecule has 3 atom stereocenters. The summed E-state index contributed by atoms with van der Waals surface area (Å²) in [5.41, 5.74) is 0. The van der Waals surface area contributed by atoms with Crippen molar-refractivity contribution in [2.45, 2.75) is 45.1 Å². The van der Waals surface area contributed by atoms with Gasteiger partial charge in [-0.1, -0.05) is 13.3 Å². The summed E-state index contributed by atoms with van der Waals surface area (Å²) in [6, 6.07) is 0.569. The number of rotatable bonds is 5. The maximum absolute atomic E-state index is 10.8. The highest BCUT2D eigenvalue weighted by Gasteiger charge is 2.42. The molecule has 2 saturated carbocycles. The van der Waals surface area contributed by atoms with E-state index in [4.69, 9.17) is 5.11 Å². The quantitative estimate of drug-likeness (QED) is 0.756. The first-order valence-corrected chi connectivity index (χ1v) is 6.16. The molecule has 0 aromatic rings. The molecule has 0 aromatic heterocycles. The Labute approximate surface area is 91.5 Å². The van der Waals surface area contributed by atoms with E-state index in [1.165, 1.54) is 25.7 Å². The number of aliphatic carboxylic acids is 1. The van der Waals surface area contributed by atoms with Crippen LogP contribution in [0.25, 0.3) is 0 Å². The molecule has 3 nitrogen and oxygen atoms in total. The van der Waals surface area contributed by atoms with Gasteiger partial charge in [-0.2, -0.15) is 0 Å². The molecule has 1 N–H and O–H groups in total. The van der Waals surface area contributed by atoms with Crippen LogP contribution in [0.1, 0.15) is 39.0 Å². The first kappa shape index (κ1) is 10.9. The van der Waals surface area contributed by atoms with Crippen LogP contribution in [0.5, 0.6) is 0 Å². The van der Waals surface area contributed by atoms with Crippen LogP contribution in [0.4, 0.5) is 0 Å². The molecule has 2 aliphatic carbocycles. The van der Waals surface area contributed by atoms with Gasteiger partial charge >= 0.3 is 5.97 Å². The van der Waals surface area contributed by atoms with Crippen LogP contribution in [0.3, 0.4) is 0 Å². The van der Waals surface area contributed by atoms with Crippen molar-refractivity contribution in [3.63, 3.8) is 0 Å². The summed E-state index contributed by atoms with van der Waals surface area (Å²) in [6.07, 6.45) is 6.37. The smallest absolute Gasteiger partial charge is 0.317 e. The fourth-order valence-corrected chi connectivity index (χ4v) is 3.48. The van der Waals surface area contributed by atoms with Crippen LogP contribution in [0, 0.1) is 11.8 Å². The highest BCUT2D eigenvalue weighted by atomic mass is 16.4. The lowest BCUT2D eigenvalue weighted by Gasteiger charge is -2.33. The highest BCUT2D eigenvalue weighted by Crippen LogP contribution is 2.46. The lowest BCUT2D eigenvalue weighted by atomic mass is 9.94. The van der Waals surface area contributed by atoms with Gasteiger partial charge in [0.25, 0.3) is 0 Å². The average Bonchev–Trinajstić information content (AvgIpc) is 2.77. The Kier molecular flexibility index (Phi) is 3.29. The molecule has 0 radical (unpaired) electrons. The second-order valence-electron chi connectivity index (χ2n) is 5.11. The van der Waals surface area contributed by atoms with Gasteiger partial charge in [0.05, 0.1) is 6.54 Å². The molecule has 0 amide bonds. The number of nitrogens with zero attached hydrogens (tertiary/aromatic N) is 1. The fourth-order valence-electron chi connectivity index (χ4n) is 3.48. The number of carbonyl (C=O) groups is 1. The number of carboxylic acids is 1. The first-order valence-electron chi connectivity index (χ1n) is 6.16. The Hall–Kier alpha value is -0.570. The minimum absolute atomic E-state index is 0.238. The van der Waals surface area contributed by atoms with Crippen molar-refractivity contribution < 1.29 is 9.90 Å². The van der Waals surface area contributed by atoms with Gasteiger partial charge in [-0.15, -0.1) is 0 Å². The molecule has 2 fully saturated rings. The summed E-state index contributed by atoms with van der Waals surface area (Å²) >= 11 is 0. The zero-order chi connectivity index (χ0) is 10.8. The van der Waals surface area contributed by atoms with E-state index >= 15 is 0 Å². The van der Waals surface area contributed by atoms with E-state index in [1.54, 1.807) is 0 Å². The molecule has 0 heterocycles. The van der Waals surface area contributed by atoms with Crippen LogP contribution in [0.2, 0.25) is 0 Å². The van der Waals surface area contributed by atoms with E-state index in [9.17, 15) is 4.79 Å². The Morgan fingerprint density at radius 1 is 1.40 bits per heavy atom. The molecular formula is C12H21NO2. The van der Waals surface area contributed by atoms with E-state index in [0.717, 1.165) is 24.8 Å². The fraction of sp³-hybridized carbons (Fsp3) is 0.917. The molecule has 0 spiro atoms. The van der Waals surface area contributed by atoms with Crippen molar-refractivity contribution >= 4 is 5.97 Å². The standard InChI is InChI=1S/C12H21NO2/c1-2-5-13(8-12(14)15)11-7-9-3-4-10(11)6-9/h9-11H,2-8H2,1H3,(H,14,15). The molecule has 0 aromatic carbocycles. The van der Waals surface area contributed by atoms with Crippen molar-refractivity contribution in [2.75, 3.05) is 13.1 Å². The largest absolute Gasteiger partial charge is 0.480 e. The molecule has 2 rings (SSSR count). The third kappa shape index (κ3) is 2.33. The van der Waals surface area contributed by atoms with Gasteiger partial charge in [0.2, 0.25) is 0 Å². The third-order valence-corrected chi connectivity index (χ3v) is 4.02. The number of hydrogen-bond acceptors (Lipinski definition) is 2. The summed E-state index contributed by atoms with van der Waals surface area (Å²) in [7, 11) is 0. The average molecular weight is 211 g/mol. The molecule has 2 bridgehead atoms. The number of fused-ring (bicyclic) bond motifs is 2. The van der Waals surface area contributed by atoms with Gasteiger partial charge in [-0.05, 0) is 44.1 Å². The predicted octanol–water partition coefficient (Wildman–Crippen LogP) is 1.97. The van der Waals surface area contributed by atoms with Gasteiger partial charge in [0.15, 0.2) is 0 Å². The van der Waals surface area contributed by atoms with E-state index in [0.29, 0.717) is 6.04 Å². The monoisotopic (exact) mass is 211 g/mol. The highest BCUT2D eigenvalue weighted by molar-refractivity contribution is 5.69. The van der Waals surface area contributed by atoms with E-state index in [1.807, 2.05) is 0 Å². The second-order valence-corrected chi connectivity index (χ2v) is 5.11. The Bertz CT molecular complexity index is 242. The molecule has 0 saturated heterocycles. The topological polar surface area (TPSA) is 40.5 Å². The molecule has 86 valence electrons. The maximum Gasteiger partial charge on any atom is 0.317 e. The maximum atomic E-state index is 10.8. The number of carboxylic acid groups (broad SMARTS) is 1. The lowest BCUT2D eigenvalue weighted by Crippen LogP contribution is -2.42. The predicted molar refractivity (Wildman–Crippen MR) is 58.7 cm³/mol. The van der Waals surface area contributed by atoms with E-state index < -0.39 is 5.97 Å². The summed E-state index contributed by atoms with van der Waals surface area (Å²) in [5.74, 6) is 1.01. The van der Waals surface area contributed by atoms with Crippen LogP contribution < -0.4 is 0 Å². The summed E-state index contributed by atoms with van der Waals surface area (Å²) in [4.78, 5) is 13.0.